The minimum absolute atomic E-state index is 0.0851. The number of piperazine rings is 1. The Bertz CT molecular complexity index is 988. The average molecular weight is 432 g/mol. The Hall–Kier alpha value is -2.54. The van der Waals surface area contributed by atoms with Crippen LogP contribution in [0.3, 0.4) is 0 Å². The Morgan fingerprint density at radius 1 is 1.03 bits per heavy atom. The van der Waals surface area contributed by atoms with Crippen LogP contribution in [0.25, 0.3) is 0 Å². The van der Waals surface area contributed by atoms with E-state index in [9.17, 15) is 18.0 Å². The summed E-state index contributed by atoms with van der Waals surface area (Å²) in [6.07, 6.45) is -3.51. The van der Waals surface area contributed by atoms with Crippen molar-refractivity contribution in [2.24, 2.45) is 0 Å². The van der Waals surface area contributed by atoms with Gasteiger partial charge in [0, 0.05) is 36.8 Å². The normalized spacial score (nSPS) is 22.1. The third kappa shape index (κ3) is 3.80. The highest BCUT2D eigenvalue weighted by Crippen LogP contribution is 2.39. The van der Waals surface area contributed by atoms with Gasteiger partial charge in [0.15, 0.2) is 0 Å². The van der Waals surface area contributed by atoms with E-state index in [0.29, 0.717) is 12.1 Å². The van der Waals surface area contributed by atoms with Crippen LogP contribution in [0.4, 0.5) is 13.2 Å². The highest BCUT2D eigenvalue weighted by molar-refractivity contribution is 5.94. The second kappa shape index (κ2) is 7.86. The molecule has 7 heteroatoms. The van der Waals surface area contributed by atoms with E-state index in [1.807, 2.05) is 11.0 Å². The first-order chi connectivity index (χ1) is 14.6. The quantitative estimate of drug-likeness (QED) is 0.682. The predicted octanol–water partition coefficient (Wildman–Crippen LogP) is 4.99. The highest BCUT2D eigenvalue weighted by Gasteiger charge is 2.47. The molecule has 0 aromatic heterocycles. The second-order valence-electron chi connectivity index (χ2n) is 8.56. The number of fused-ring (bicyclic) bond motifs is 2. The molecular weight excluding hydrogens is 405 g/mol. The molecule has 2 aliphatic rings. The summed E-state index contributed by atoms with van der Waals surface area (Å²) in [7, 11) is 1.67. The number of nitrogens with zero attached hydrogens (tertiary/aromatic N) is 2. The summed E-state index contributed by atoms with van der Waals surface area (Å²) >= 11 is 0. The van der Waals surface area contributed by atoms with Crippen LogP contribution >= 0.6 is 0 Å². The number of halogens is 3. The van der Waals surface area contributed by atoms with E-state index in [2.05, 4.69) is 31.7 Å². The van der Waals surface area contributed by atoms with Crippen LogP contribution in [0.5, 0.6) is 5.75 Å². The van der Waals surface area contributed by atoms with Gasteiger partial charge in [-0.05, 0) is 74.2 Å². The third-order valence-electron chi connectivity index (χ3n) is 6.95. The van der Waals surface area contributed by atoms with Crippen molar-refractivity contribution in [3.8, 4) is 5.75 Å². The fraction of sp³-hybridized carbons (Fsp3) is 0.458. The third-order valence-corrected chi connectivity index (χ3v) is 6.95. The van der Waals surface area contributed by atoms with Crippen LogP contribution in [-0.2, 0) is 6.18 Å². The summed E-state index contributed by atoms with van der Waals surface area (Å²) in [5, 5.41) is 0. The first-order valence-corrected chi connectivity index (χ1v) is 10.5. The van der Waals surface area contributed by atoms with Crippen molar-refractivity contribution < 1.29 is 22.7 Å². The van der Waals surface area contributed by atoms with Crippen molar-refractivity contribution in [2.45, 2.75) is 51.5 Å². The summed E-state index contributed by atoms with van der Waals surface area (Å²) in [5.74, 6) is 0.690. The van der Waals surface area contributed by atoms with E-state index in [4.69, 9.17) is 4.74 Å². The van der Waals surface area contributed by atoms with E-state index in [1.54, 1.807) is 7.11 Å². The van der Waals surface area contributed by atoms with Crippen molar-refractivity contribution in [3.05, 3.63) is 64.2 Å². The number of alkyl halides is 3. The molecule has 0 radical (unpaired) electrons. The van der Waals surface area contributed by atoms with Gasteiger partial charge in [-0.3, -0.25) is 9.69 Å². The minimum Gasteiger partial charge on any atom is -0.496 e. The van der Waals surface area contributed by atoms with E-state index in [-0.39, 0.29) is 24.0 Å². The molecule has 2 aliphatic heterocycles. The number of likely N-dealkylation sites (tertiary alicyclic amines) is 2. The molecule has 2 fully saturated rings. The molecule has 0 saturated carbocycles. The van der Waals surface area contributed by atoms with Crippen molar-refractivity contribution in [2.75, 3.05) is 20.2 Å². The Morgan fingerprint density at radius 3 is 2.26 bits per heavy atom. The zero-order valence-corrected chi connectivity index (χ0v) is 18.2. The van der Waals surface area contributed by atoms with Gasteiger partial charge in [0.1, 0.15) is 5.75 Å². The fourth-order valence-electron chi connectivity index (χ4n) is 5.06. The first-order valence-electron chi connectivity index (χ1n) is 10.5. The monoisotopic (exact) mass is 432 g/mol. The molecule has 2 heterocycles. The molecule has 0 aliphatic carbocycles. The van der Waals surface area contributed by atoms with Crippen LogP contribution in [0, 0.1) is 13.8 Å². The Labute approximate surface area is 180 Å². The van der Waals surface area contributed by atoms with Crippen molar-refractivity contribution in [1.82, 2.24) is 9.80 Å². The van der Waals surface area contributed by atoms with Crippen LogP contribution < -0.4 is 4.74 Å². The molecule has 2 aromatic carbocycles. The van der Waals surface area contributed by atoms with Gasteiger partial charge in [-0.15, -0.1) is 0 Å². The standard InChI is InChI=1S/C24H27F3N2O2/c1-14-15(2)22(31-4)10-9-21(14)16(3)28-12-20-11-19(28)13-29(20)23(30)17-5-7-18(8-6-17)24(25,26)27/h5-10,16,19-20H,11-13H2,1-4H3/t16-,19+,20+/m0/s1. The number of hydrogen-bond acceptors (Lipinski definition) is 3. The minimum atomic E-state index is -4.40. The molecule has 4 nitrogen and oxygen atoms in total. The van der Waals surface area contributed by atoms with Gasteiger partial charge >= 0.3 is 6.18 Å². The molecule has 2 aromatic rings. The summed E-state index contributed by atoms with van der Waals surface area (Å²) in [6, 6.07) is 9.17. The van der Waals surface area contributed by atoms with Gasteiger partial charge in [-0.1, -0.05) is 6.07 Å². The lowest BCUT2D eigenvalue weighted by Crippen LogP contribution is -2.49. The summed E-state index contributed by atoms with van der Waals surface area (Å²) in [5.41, 5.74) is 3.17. The number of carbonyl (C=O) groups is 1. The highest BCUT2D eigenvalue weighted by atomic mass is 19.4. The summed E-state index contributed by atoms with van der Waals surface area (Å²) < 4.78 is 43.8. The molecule has 0 N–H and O–H groups in total. The van der Waals surface area contributed by atoms with E-state index in [1.165, 1.54) is 23.3 Å². The van der Waals surface area contributed by atoms with Gasteiger partial charge < -0.3 is 9.64 Å². The summed E-state index contributed by atoms with van der Waals surface area (Å²) in [6.45, 7) is 7.73. The number of benzene rings is 2. The lowest BCUT2D eigenvalue weighted by Gasteiger charge is -2.38. The van der Waals surface area contributed by atoms with Crippen LogP contribution in [0.15, 0.2) is 36.4 Å². The van der Waals surface area contributed by atoms with Gasteiger partial charge in [0.2, 0.25) is 0 Å². The van der Waals surface area contributed by atoms with Crippen molar-refractivity contribution >= 4 is 5.91 Å². The number of ether oxygens (including phenoxy) is 1. The van der Waals surface area contributed by atoms with Gasteiger partial charge in [-0.25, -0.2) is 0 Å². The number of hydrogen-bond donors (Lipinski definition) is 0. The zero-order valence-electron chi connectivity index (χ0n) is 18.2. The average Bonchev–Trinajstić information content (AvgIpc) is 3.35. The van der Waals surface area contributed by atoms with E-state index >= 15 is 0 Å². The number of amides is 1. The van der Waals surface area contributed by atoms with Crippen LogP contribution in [-0.4, -0.2) is 48.0 Å². The molecule has 1 amide bonds. The molecule has 4 rings (SSSR count). The lowest BCUT2D eigenvalue weighted by atomic mass is 9.96. The van der Waals surface area contributed by atoms with E-state index in [0.717, 1.165) is 36.4 Å². The smallest absolute Gasteiger partial charge is 0.416 e. The predicted molar refractivity (Wildman–Crippen MR) is 112 cm³/mol. The second-order valence-corrected chi connectivity index (χ2v) is 8.56. The van der Waals surface area contributed by atoms with Crippen molar-refractivity contribution in [3.63, 3.8) is 0 Å². The maximum absolute atomic E-state index is 12.9. The SMILES string of the molecule is COc1ccc([C@H](C)N2C[C@H]3C[C@@H]2CN3C(=O)c2ccc(C(F)(F)F)cc2)c(C)c1C. The topological polar surface area (TPSA) is 32.8 Å². The molecule has 0 unspecified atom stereocenters. The molecule has 166 valence electrons. The van der Waals surface area contributed by atoms with E-state index < -0.39 is 11.7 Å². The van der Waals surface area contributed by atoms with Crippen LogP contribution in [0.1, 0.15) is 52.0 Å². The maximum atomic E-state index is 12.9. The molecule has 2 bridgehead atoms. The number of carbonyl (C=O) groups excluding carboxylic acids is 1. The van der Waals surface area contributed by atoms with Crippen LogP contribution in [0.2, 0.25) is 0 Å². The maximum Gasteiger partial charge on any atom is 0.416 e. The zero-order chi connectivity index (χ0) is 22.5. The fourth-order valence-corrected chi connectivity index (χ4v) is 5.06. The Kier molecular flexibility index (Phi) is 5.50. The number of methoxy groups -OCH3 is 1. The Balaban J connectivity index is 1.46. The first kappa shape index (κ1) is 21.7. The number of rotatable bonds is 4. The van der Waals surface area contributed by atoms with Gasteiger partial charge in [0.05, 0.1) is 12.7 Å². The van der Waals surface area contributed by atoms with Crippen molar-refractivity contribution in [1.29, 1.82) is 0 Å². The summed E-state index contributed by atoms with van der Waals surface area (Å²) in [4.78, 5) is 17.2. The van der Waals surface area contributed by atoms with Gasteiger partial charge in [0.25, 0.3) is 5.91 Å². The molecular formula is C24H27F3N2O2. The molecule has 2 saturated heterocycles. The largest absolute Gasteiger partial charge is 0.496 e. The lowest BCUT2D eigenvalue weighted by molar-refractivity contribution is -0.137. The van der Waals surface area contributed by atoms with Gasteiger partial charge in [-0.2, -0.15) is 13.2 Å². The Morgan fingerprint density at radius 2 is 1.71 bits per heavy atom. The molecule has 3 atom stereocenters. The molecule has 31 heavy (non-hydrogen) atoms. The molecule has 0 spiro atoms.